The van der Waals surface area contributed by atoms with Crippen molar-refractivity contribution < 1.29 is 0 Å². The van der Waals surface area contributed by atoms with Crippen LogP contribution in [0.25, 0.3) is 0 Å². The predicted molar refractivity (Wildman–Crippen MR) is 66.5 cm³/mol. The maximum absolute atomic E-state index is 6.15. The van der Waals surface area contributed by atoms with Crippen molar-refractivity contribution in [2.45, 2.75) is 13.0 Å². The highest BCUT2D eigenvalue weighted by Gasteiger charge is 2.09. The fraction of sp³-hybridized carbons (Fsp3) is 0.154. The minimum atomic E-state index is -0.148. The maximum Gasteiger partial charge on any atom is 0.131 e. The zero-order chi connectivity index (χ0) is 11.5. The van der Waals surface area contributed by atoms with Gasteiger partial charge in [-0.25, -0.2) is 4.98 Å². The van der Waals surface area contributed by atoms with Crippen LogP contribution in [0.5, 0.6) is 0 Å². The van der Waals surface area contributed by atoms with Gasteiger partial charge in [-0.3, -0.25) is 0 Å². The molecule has 0 bridgehead atoms. The Balaban J connectivity index is 2.34. The summed E-state index contributed by atoms with van der Waals surface area (Å²) in [6, 6.07) is 11.8. The van der Waals surface area contributed by atoms with E-state index in [1.807, 2.05) is 43.3 Å². The molecule has 1 aromatic heterocycles. The predicted octanol–water partition coefficient (Wildman–Crippen LogP) is 3.09. The summed E-state index contributed by atoms with van der Waals surface area (Å²) in [6.07, 6.45) is 1.73. The topological polar surface area (TPSA) is 38.9 Å². The van der Waals surface area contributed by atoms with Gasteiger partial charge in [0.2, 0.25) is 0 Å². The third kappa shape index (κ3) is 2.23. The van der Waals surface area contributed by atoms with Gasteiger partial charge < -0.3 is 5.73 Å². The molecule has 1 aromatic carbocycles. The molecule has 2 aromatic rings. The maximum atomic E-state index is 6.15. The molecule has 0 aliphatic carbocycles. The van der Waals surface area contributed by atoms with Crippen molar-refractivity contribution in [1.29, 1.82) is 0 Å². The first-order valence-corrected chi connectivity index (χ1v) is 5.49. The Labute approximate surface area is 100 Å². The summed E-state index contributed by atoms with van der Waals surface area (Å²) in [6.45, 7) is 1.93. The van der Waals surface area contributed by atoms with Crippen molar-refractivity contribution in [3.8, 4) is 0 Å². The number of nitrogens with zero attached hydrogens (tertiary/aromatic N) is 1. The average Bonchev–Trinajstić information content (AvgIpc) is 2.33. The number of rotatable bonds is 2. The Morgan fingerprint density at radius 2 is 1.88 bits per heavy atom. The van der Waals surface area contributed by atoms with Crippen molar-refractivity contribution in [3.05, 3.63) is 64.4 Å². The van der Waals surface area contributed by atoms with Gasteiger partial charge in [-0.1, -0.05) is 41.9 Å². The van der Waals surface area contributed by atoms with Crippen LogP contribution >= 0.6 is 11.6 Å². The Hall–Kier alpha value is -1.38. The van der Waals surface area contributed by atoms with Crippen LogP contribution in [0.2, 0.25) is 5.15 Å². The van der Waals surface area contributed by atoms with Crippen molar-refractivity contribution in [3.63, 3.8) is 0 Å². The first kappa shape index (κ1) is 11.1. The fourth-order valence-electron chi connectivity index (χ4n) is 1.60. The lowest BCUT2D eigenvalue weighted by molar-refractivity contribution is 0.861. The minimum absolute atomic E-state index is 0.148. The van der Waals surface area contributed by atoms with Gasteiger partial charge in [-0.05, 0) is 29.7 Å². The summed E-state index contributed by atoms with van der Waals surface area (Å²) in [5.74, 6) is 0. The number of hydrogen-bond acceptors (Lipinski definition) is 2. The van der Waals surface area contributed by atoms with Crippen LogP contribution in [-0.2, 0) is 0 Å². The molecule has 2 nitrogen and oxygen atoms in total. The van der Waals surface area contributed by atoms with Crippen LogP contribution < -0.4 is 5.73 Å². The third-order valence-corrected chi connectivity index (χ3v) is 2.95. The van der Waals surface area contributed by atoms with Gasteiger partial charge >= 0.3 is 0 Å². The molecular formula is C13H13ClN2. The fourth-order valence-corrected chi connectivity index (χ4v) is 1.71. The number of halogens is 1. The van der Waals surface area contributed by atoms with E-state index >= 15 is 0 Å². The molecular weight excluding hydrogens is 220 g/mol. The van der Waals surface area contributed by atoms with Crippen molar-refractivity contribution in [1.82, 2.24) is 4.98 Å². The number of hydrogen-bond donors (Lipinski definition) is 1. The van der Waals surface area contributed by atoms with E-state index in [9.17, 15) is 0 Å². The first-order valence-electron chi connectivity index (χ1n) is 5.11. The molecule has 16 heavy (non-hydrogen) atoms. The third-order valence-electron chi connectivity index (χ3n) is 2.55. The largest absolute Gasteiger partial charge is 0.320 e. The molecule has 0 aliphatic rings. The van der Waals surface area contributed by atoms with E-state index in [-0.39, 0.29) is 6.04 Å². The molecule has 3 heteroatoms. The minimum Gasteiger partial charge on any atom is -0.320 e. The number of aryl methyl sites for hydroxylation is 1. The van der Waals surface area contributed by atoms with Crippen molar-refractivity contribution in [2.75, 3.05) is 0 Å². The van der Waals surface area contributed by atoms with Crippen LogP contribution in [0.4, 0.5) is 0 Å². The summed E-state index contributed by atoms with van der Waals surface area (Å²) in [7, 11) is 0. The summed E-state index contributed by atoms with van der Waals surface area (Å²) in [5.41, 5.74) is 9.16. The highest BCUT2D eigenvalue weighted by Crippen LogP contribution is 2.21. The summed E-state index contributed by atoms with van der Waals surface area (Å²) < 4.78 is 0. The zero-order valence-electron chi connectivity index (χ0n) is 9.02. The normalized spacial score (nSPS) is 12.4. The molecule has 0 radical (unpaired) electrons. The monoisotopic (exact) mass is 232 g/mol. The van der Waals surface area contributed by atoms with Gasteiger partial charge in [-0.15, -0.1) is 0 Å². The molecule has 0 aliphatic heterocycles. The van der Waals surface area contributed by atoms with E-state index in [0.717, 1.165) is 16.7 Å². The quantitative estimate of drug-likeness (QED) is 0.809. The van der Waals surface area contributed by atoms with Gasteiger partial charge in [0.1, 0.15) is 5.15 Å². The lowest BCUT2D eigenvalue weighted by Gasteiger charge is -2.12. The summed E-state index contributed by atoms with van der Waals surface area (Å²) in [5, 5.41) is 0.531. The van der Waals surface area contributed by atoms with E-state index in [1.165, 1.54) is 0 Å². The van der Waals surface area contributed by atoms with Gasteiger partial charge in [-0.2, -0.15) is 0 Å². The smallest absolute Gasteiger partial charge is 0.131 e. The number of nitrogens with two attached hydrogens (primary N) is 1. The molecule has 0 saturated carbocycles. The second-order valence-electron chi connectivity index (χ2n) is 3.76. The molecule has 2 rings (SSSR count). The van der Waals surface area contributed by atoms with Crippen LogP contribution in [0.1, 0.15) is 22.7 Å². The van der Waals surface area contributed by atoms with Crippen LogP contribution in [-0.4, -0.2) is 4.98 Å². The molecule has 0 spiro atoms. The van der Waals surface area contributed by atoms with Crippen molar-refractivity contribution >= 4 is 11.6 Å². The number of aromatic nitrogens is 1. The van der Waals surface area contributed by atoms with E-state index in [1.54, 1.807) is 6.20 Å². The first-order chi connectivity index (χ1) is 7.68. The lowest BCUT2D eigenvalue weighted by atomic mass is 10.0. The Morgan fingerprint density at radius 3 is 2.50 bits per heavy atom. The Bertz CT molecular complexity index is 483. The lowest BCUT2D eigenvalue weighted by Crippen LogP contribution is -2.12. The molecule has 1 atom stereocenters. The molecule has 0 unspecified atom stereocenters. The van der Waals surface area contributed by atoms with E-state index in [2.05, 4.69) is 4.98 Å². The molecule has 82 valence electrons. The summed E-state index contributed by atoms with van der Waals surface area (Å²) >= 11 is 5.88. The van der Waals surface area contributed by atoms with Crippen LogP contribution in [0, 0.1) is 6.92 Å². The highest BCUT2D eigenvalue weighted by molar-refractivity contribution is 6.30. The van der Waals surface area contributed by atoms with Crippen molar-refractivity contribution in [2.24, 2.45) is 5.73 Å². The number of pyridine rings is 1. The molecule has 0 saturated heterocycles. The van der Waals surface area contributed by atoms with Crippen LogP contribution in [0.15, 0.2) is 42.6 Å². The van der Waals surface area contributed by atoms with E-state index in [4.69, 9.17) is 17.3 Å². The van der Waals surface area contributed by atoms with E-state index in [0.29, 0.717) is 5.15 Å². The molecule has 0 amide bonds. The number of benzene rings is 1. The van der Waals surface area contributed by atoms with E-state index < -0.39 is 0 Å². The second kappa shape index (κ2) is 4.64. The highest BCUT2D eigenvalue weighted by atomic mass is 35.5. The average molecular weight is 233 g/mol. The van der Waals surface area contributed by atoms with Crippen LogP contribution in [0.3, 0.4) is 0 Å². The van der Waals surface area contributed by atoms with Gasteiger partial charge in [0.25, 0.3) is 0 Å². The molecule has 0 fully saturated rings. The van der Waals surface area contributed by atoms with Gasteiger partial charge in [0.15, 0.2) is 0 Å². The Morgan fingerprint density at radius 1 is 1.19 bits per heavy atom. The van der Waals surface area contributed by atoms with Gasteiger partial charge in [0.05, 0.1) is 6.04 Å². The Kier molecular flexibility index (Phi) is 3.22. The SMILES string of the molecule is Cc1cc([C@@H](N)c2ccccc2)cnc1Cl. The second-order valence-corrected chi connectivity index (χ2v) is 4.12. The molecule has 1 heterocycles. The standard InChI is InChI=1S/C13H13ClN2/c1-9-7-11(8-16-13(9)14)12(15)10-5-3-2-4-6-10/h2-8,12H,15H2,1H3/t12-/m0/s1. The van der Waals surface area contributed by atoms with Gasteiger partial charge in [0, 0.05) is 6.20 Å². The zero-order valence-corrected chi connectivity index (χ0v) is 9.78. The molecule has 2 N–H and O–H groups in total. The summed E-state index contributed by atoms with van der Waals surface area (Å²) in [4.78, 5) is 4.11.